The number of terminal acetylenes is 2. The maximum absolute atomic E-state index is 6.06. The molecule has 0 saturated heterocycles. The zero-order valence-corrected chi connectivity index (χ0v) is 23.9. The average molecular weight is 489 g/mol. The quantitative estimate of drug-likeness (QED) is 0.0805. The SMILES string of the molecule is C#CCC(CC#C)(COCCCCCCCCCCCC)COCCCCCCCCCCCC. The van der Waals surface area contributed by atoms with Crippen LogP contribution in [-0.2, 0) is 9.47 Å². The zero-order chi connectivity index (χ0) is 25.7. The van der Waals surface area contributed by atoms with Gasteiger partial charge in [0.2, 0.25) is 0 Å². The fourth-order valence-corrected chi connectivity index (χ4v) is 4.70. The first-order chi connectivity index (χ1) is 17.2. The Morgan fingerprint density at radius 1 is 0.457 bits per heavy atom. The van der Waals surface area contributed by atoms with Crippen molar-refractivity contribution in [1.82, 2.24) is 0 Å². The molecule has 0 aromatic heterocycles. The summed E-state index contributed by atoms with van der Waals surface area (Å²) >= 11 is 0. The average Bonchev–Trinajstić information content (AvgIpc) is 2.85. The van der Waals surface area contributed by atoms with Crippen molar-refractivity contribution in [1.29, 1.82) is 0 Å². The van der Waals surface area contributed by atoms with Gasteiger partial charge in [0.25, 0.3) is 0 Å². The molecule has 0 heterocycles. The van der Waals surface area contributed by atoms with Gasteiger partial charge in [-0.15, -0.1) is 24.7 Å². The zero-order valence-electron chi connectivity index (χ0n) is 23.9. The molecule has 0 N–H and O–H groups in total. The topological polar surface area (TPSA) is 18.5 Å². The summed E-state index contributed by atoms with van der Waals surface area (Å²) in [4.78, 5) is 0. The van der Waals surface area contributed by atoms with Gasteiger partial charge in [-0.3, -0.25) is 0 Å². The third-order valence-corrected chi connectivity index (χ3v) is 7.06. The molecule has 2 nitrogen and oxygen atoms in total. The van der Waals surface area contributed by atoms with E-state index in [4.69, 9.17) is 22.3 Å². The molecule has 0 rings (SSSR count). The molecule has 2 heteroatoms. The van der Waals surface area contributed by atoms with E-state index < -0.39 is 0 Å². The predicted octanol–water partition coefficient (Wildman–Crippen LogP) is 9.89. The molecule has 0 fully saturated rings. The lowest BCUT2D eigenvalue weighted by molar-refractivity contribution is -0.0195. The largest absolute Gasteiger partial charge is 0.381 e. The molecule has 0 amide bonds. The predicted molar refractivity (Wildman–Crippen MR) is 155 cm³/mol. The van der Waals surface area contributed by atoms with Crippen molar-refractivity contribution < 1.29 is 9.47 Å². The van der Waals surface area contributed by atoms with Crippen LogP contribution in [0.15, 0.2) is 0 Å². The highest BCUT2D eigenvalue weighted by atomic mass is 16.5. The van der Waals surface area contributed by atoms with E-state index in [2.05, 4.69) is 25.7 Å². The molecule has 0 aliphatic carbocycles. The van der Waals surface area contributed by atoms with Crippen LogP contribution in [0.1, 0.15) is 155 Å². The molecule has 0 unspecified atom stereocenters. The Hall–Kier alpha value is -0.960. The highest BCUT2D eigenvalue weighted by Crippen LogP contribution is 2.27. The van der Waals surface area contributed by atoms with Crippen molar-refractivity contribution in [3.63, 3.8) is 0 Å². The van der Waals surface area contributed by atoms with E-state index in [0.29, 0.717) is 26.1 Å². The number of ether oxygens (including phenoxy) is 2. The van der Waals surface area contributed by atoms with E-state index in [0.717, 1.165) is 26.1 Å². The van der Waals surface area contributed by atoms with Crippen molar-refractivity contribution in [2.24, 2.45) is 5.41 Å². The van der Waals surface area contributed by atoms with E-state index in [1.807, 2.05) is 0 Å². The van der Waals surface area contributed by atoms with E-state index in [-0.39, 0.29) is 5.41 Å². The van der Waals surface area contributed by atoms with Crippen LogP contribution in [0.25, 0.3) is 0 Å². The summed E-state index contributed by atoms with van der Waals surface area (Å²) < 4.78 is 12.1. The Labute approximate surface area is 221 Å². The monoisotopic (exact) mass is 488 g/mol. The van der Waals surface area contributed by atoms with Crippen LogP contribution < -0.4 is 0 Å². The maximum Gasteiger partial charge on any atom is 0.0562 e. The van der Waals surface area contributed by atoms with Crippen molar-refractivity contribution in [3.8, 4) is 24.7 Å². The van der Waals surface area contributed by atoms with Crippen LogP contribution in [0.4, 0.5) is 0 Å². The number of hydrogen-bond acceptors (Lipinski definition) is 2. The molecular weight excluding hydrogens is 428 g/mol. The summed E-state index contributed by atoms with van der Waals surface area (Å²) in [6.45, 7) is 7.36. The van der Waals surface area contributed by atoms with Gasteiger partial charge < -0.3 is 9.47 Å². The molecular formula is C33H60O2. The number of unbranched alkanes of at least 4 members (excludes halogenated alkanes) is 18. The highest BCUT2D eigenvalue weighted by Gasteiger charge is 2.29. The molecule has 0 aliphatic heterocycles. The second kappa shape index (κ2) is 27.6. The summed E-state index contributed by atoms with van der Waals surface area (Å²) in [5.74, 6) is 5.65. The molecule has 0 aromatic carbocycles. The van der Waals surface area contributed by atoms with Crippen LogP contribution in [-0.4, -0.2) is 26.4 Å². The van der Waals surface area contributed by atoms with E-state index in [1.165, 1.54) is 116 Å². The Morgan fingerprint density at radius 3 is 1.03 bits per heavy atom. The summed E-state index contributed by atoms with van der Waals surface area (Å²) in [6, 6.07) is 0. The molecule has 0 radical (unpaired) electrons. The van der Waals surface area contributed by atoms with Crippen molar-refractivity contribution in [3.05, 3.63) is 0 Å². The van der Waals surface area contributed by atoms with E-state index in [9.17, 15) is 0 Å². The van der Waals surface area contributed by atoms with Crippen molar-refractivity contribution >= 4 is 0 Å². The lowest BCUT2D eigenvalue weighted by Gasteiger charge is -2.30. The standard InChI is InChI=1S/C33H60O2/c1-5-9-11-13-15-17-19-21-23-25-29-34-31-33(27-7-3,28-8-4)32-35-30-26-24-22-20-18-16-14-12-10-6-2/h3-4H,5-6,9-32H2,1-2H3. The Balaban J connectivity index is 3.87. The van der Waals surface area contributed by atoms with Crippen molar-refractivity contribution in [2.45, 2.75) is 155 Å². The number of rotatable bonds is 28. The summed E-state index contributed by atoms with van der Waals surface area (Å²) in [7, 11) is 0. The van der Waals surface area contributed by atoms with Gasteiger partial charge in [-0.1, -0.05) is 129 Å². The lowest BCUT2D eigenvalue weighted by Crippen LogP contribution is -2.32. The maximum atomic E-state index is 6.06. The van der Waals surface area contributed by atoms with E-state index >= 15 is 0 Å². The van der Waals surface area contributed by atoms with Crippen LogP contribution in [0.3, 0.4) is 0 Å². The van der Waals surface area contributed by atoms with Gasteiger partial charge in [-0.2, -0.15) is 0 Å². The minimum absolute atomic E-state index is 0.236. The molecule has 0 aromatic rings. The van der Waals surface area contributed by atoms with Gasteiger partial charge in [0.1, 0.15) is 0 Å². The second-order valence-corrected chi connectivity index (χ2v) is 10.7. The third-order valence-electron chi connectivity index (χ3n) is 7.06. The Bertz CT molecular complexity index is 452. The molecule has 0 spiro atoms. The van der Waals surface area contributed by atoms with Gasteiger partial charge in [-0.05, 0) is 12.8 Å². The third kappa shape index (κ3) is 23.2. The van der Waals surface area contributed by atoms with Gasteiger partial charge in [0, 0.05) is 31.5 Å². The van der Waals surface area contributed by atoms with Crippen molar-refractivity contribution in [2.75, 3.05) is 26.4 Å². The smallest absolute Gasteiger partial charge is 0.0562 e. The van der Waals surface area contributed by atoms with Crippen LogP contribution in [0.2, 0.25) is 0 Å². The lowest BCUT2D eigenvalue weighted by atomic mass is 9.83. The fourth-order valence-electron chi connectivity index (χ4n) is 4.70. The fraction of sp³-hybridized carbons (Fsp3) is 0.879. The van der Waals surface area contributed by atoms with Crippen LogP contribution in [0, 0.1) is 30.1 Å². The summed E-state index contributed by atoms with van der Waals surface area (Å²) in [5.41, 5.74) is -0.236. The molecule has 0 bridgehead atoms. The first-order valence-corrected chi connectivity index (χ1v) is 15.3. The normalized spacial score (nSPS) is 11.4. The first-order valence-electron chi connectivity index (χ1n) is 15.3. The second-order valence-electron chi connectivity index (χ2n) is 10.7. The van der Waals surface area contributed by atoms with Crippen LogP contribution in [0.5, 0.6) is 0 Å². The van der Waals surface area contributed by atoms with Gasteiger partial charge >= 0.3 is 0 Å². The molecule has 0 saturated carbocycles. The van der Waals surface area contributed by atoms with E-state index in [1.54, 1.807) is 0 Å². The molecule has 204 valence electrons. The Kier molecular flexibility index (Phi) is 26.9. The minimum atomic E-state index is -0.236. The van der Waals surface area contributed by atoms with Gasteiger partial charge in [0.05, 0.1) is 13.2 Å². The minimum Gasteiger partial charge on any atom is -0.381 e. The van der Waals surface area contributed by atoms with Gasteiger partial charge in [-0.25, -0.2) is 0 Å². The summed E-state index contributed by atoms with van der Waals surface area (Å²) in [5, 5.41) is 0. The molecule has 0 aliphatic rings. The molecule has 35 heavy (non-hydrogen) atoms. The molecule has 0 atom stereocenters. The highest BCUT2D eigenvalue weighted by molar-refractivity contribution is 5.02. The summed E-state index contributed by atoms with van der Waals surface area (Å²) in [6.07, 6.45) is 39.3. The number of hydrogen-bond donors (Lipinski definition) is 0. The van der Waals surface area contributed by atoms with Gasteiger partial charge in [0.15, 0.2) is 0 Å². The first kappa shape index (κ1) is 34.0. The Morgan fingerprint density at radius 2 is 0.743 bits per heavy atom. The van der Waals surface area contributed by atoms with Crippen LogP contribution >= 0.6 is 0 Å².